The molecule has 1 fully saturated rings. The summed E-state index contributed by atoms with van der Waals surface area (Å²) in [7, 11) is 0. The molecule has 4 N–H and O–H groups in total. The molecule has 2 heteroatoms. The van der Waals surface area contributed by atoms with Crippen LogP contribution in [0, 0.1) is 19.8 Å². The van der Waals surface area contributed by atoms with Crippen molar-refractivity contribution in [3.05, 3.63) is 129 Å². The fourth-order valence-corrected chi connectivity index (χ4v) is 12.2. The second-order valence-electron chi connectivity index (χ2n) is 21.8. The molecular weight excluding hydrogens is 809 g/mol. The van der Waals surface area contributed by atoms with Crippen molar-refractivity contribution in [2.45, 2.75) is 257 Å². The van der Waals surface area contributed by atoms with E-state index < -0.39 is 0 Å². The molecule has 0 spiro atoms. The molecule has 2 unspecified atom stereocenters. The number of unbranched alkanes of at least 4 members (excludes halogenated alkanes) is 22. The van der Waals surface area contributed by atoms with E-state index in [1.54, 1.807) is 0 Å². The smallest absolute Gasteiger partial charge is 0.0316 e. The minimum absolute atomic E-state index is 0.0428. The highest BCUT2D eigenvalue weighted by atomic mass is 14.5. The van der Waals surface area contributed by atoms with Gasteiger partial charge in [0.15, 0.2) is 0 Å². The van der Waals surface area contributed by atoms with E-state index in [2.05, 4.69) is 120 Å². The molecule has 1 aliphatic rings. The van der Waals surface area contributed by atoms with Crippen LogP contribution < -0.4 is 11.5 Å². The summed E-state index contributed by atoms with van der Waals surface area (Å²) in [4.78, 5) is 0. The van der Waals surface area contributed by atoms with E-state index in [1.807, 2.05) is 0 Å². The van der Waals surface area contributed by atoms with Crippen LogP contribution >= 0.6 is 0 Å². The number of aryl methyl sites for hydroxylation is 2. The average molecular weight is 910 g/mol. The van der Waals surface area contributed by atoms with E-state index in [0.717, 1.165) is 17.3 Å². The standard InChI is InChI=1S/C65H100N2/c1-6-9-12-15-18-20-23-26-29-32-63(61-44-42-59(66)50-52(61)4)55-34-38-57(39-35-55)65(48-46-54(47-49-65)31-28-25-22-17-14-11-8-3)58-40-36-56(37-41-58)64(62-45-43-60(67)51-53(62)5)33-30-27-24-21-19-16-13-10-7-2/h34-45,50-51,54,63-64H,6-33,46-49,66-67H2,1-5H3. The van der Waals surface area contributed by atoms with E-state index in [1.165, 1.54) is 250 Å². The summed E-state index contributed by atoms with van der Waals surface area (Å²) in [6.45, 7) is 11.5. The van der Waals surface area contributed by atoms with Crippen molar-refractivity contribution in [2.75, 3.05) is 11.5 Å². The third-order valence-corrected chi connectivity index (χ3v) is 16.4. The van der Waals surface area contributed by atoms with Crippen LogP contribution in [0.15, 0.2) is 84.9 Å². The second kappa shape index (κ2) is 30.9. The maximum absolute atomic E-state index is 6.32. The van der Waals surface area contributed by atoms with Gasteiger partial charge in [0.05, 0.1) is 0 Å². The van der Waals surface area contributed by atoms with Crippen molar-refractivity contribution in [1.82, 2.24) is 0 Å². The van der Waals surface area contributed by atoms with Gasteiger partial charge in [-0.2, -0.15) is 0 Å². The van der Waals surface area contributed by atoms with Crippen LogP contribution in [0.1, 0.15) is 283 Å². The lowest BCUT2D eigenvalue weighted by Gasteiger charge is -2.42. The molecule has 2 nitrogen and oxygen atoms in total. The van der Waals surface area contributed by atoms with Gasteiger partial charge in [-0.15, -0.1) is 0 Å². The van der Waals surface area contributed by atoms with E-state index in [0.29, 0.717) is 11.8 Å². The van der Waals surface area contributed by atoms with E-state index in [-0.39, 0.29) is 5.41 Å². The Balaban J connectivity index is 1.36. The van der Waals surface area contributed by atoms with Crippen molar-refractivity contribution in [2.24, 2.45) is 5.92 Å². The zero-order valence-corrected chi connectivity index (χ0v) is 44.1. The van der Waals surface area contributed by atoms with Crippen LogP contribution in [-0.4, -0.2) is 0 Å². The predicted octanol–water partition coefficient (Wildman–Crippen LogP) is 20.2. The highest BCUT2D eigenvalue weighted by molar-refractivity contribution is 5.51. The summed E-state index contributed by atoms with van der Waals surface area (Å²) in [6.07, 6.45) is 43.3. The Bertz CT molecular complexity index is 1770. The van der Waals surface area contributed by atoms with Gasteiger partial charge in [0.25, 0.3) is 0 Å². The number of nitrogen functional groups attached to an aromatic ring is 2. The molecule has 0 aliphatic heterocycles. The van der Waals surface area contributed by atoms with Gasteiger partial charge in [-0.3, -0.25) is 0 Å². The van der Waals surface area contributed by atoms with E-state index in [9.17, 15) is 0 Å². The molecule has 4 aromatic carbocycles. The van der Waals surface area contributed by atoms with Gasteiger partial charge in [-0.25, -0.2) is 0 Å². The average Bonchev–Trinajstić information content (AvgIpc) is 3.34. The lowest BCUT2D eigenvalue weighted by Crippen LogP contribution is -2.33. The number of hydrogen-bond acceptors (Lipinski definition) is 2. The minimum Gasteiger partial charge on any atom is -0.399 e. The number of nitrogens with two attached hydrogens (primary N) is 2. The zero-order valence-electron chi connectivity index (χ0n) is 44.1. The monoisotopic (exact) mass is 909 g/mol. The van der Waals surface area contributed by atoms with Crippen LogP contribution in [0.3, 0.4) is 0 Å². The molecule has 0 radical (unpaired) electrons. The minimum atomic E-state index is 0.0428. The molecule has 5 rings (SSSR count). The Morgan fingerprint density at radius 2 is 0.746 bits per heavy atom. The van der Waals surface area contributed by atoms with Gasteiger partial charge in [0, 0.05) is 28.6 Å². The molecule has 2 atom stereocenters. The largest absolute Gasteiger partial charge is 0.399 e. The molecule has 0 amide bonds. The maximum atomic E-state index is 6.32. The molecule has 0 aromatic heterocycles. The van der Waals surface area contributed by atoms with Gasteiger partial charge in [-0.1, -0.05) is 248 Å². The summed E-state index contributed by atoms with van der Waals surface area (Å²) in [5.41, 5.74) is 25.9. The molecule has 4 aromatic rings. The zero-order chi connectivity index (χ0) is 47.5. The Hall–Kier alpha value is -3.52. The van der Waals surface area contributed by atoms with Crippen LogP contribution in [0.5, 0.6) is 0 Å². The molecule has 67 heavy (non-hydrogen) atoms. The Kier molecular flexibility index (Phi) is 25.1. The number of benzene rings is 4. The van der Waals surface area contributed by atoms with Crippen LogP contribution in [-0.2, 0) is 5.41 Å². The Morgan fingerprint density at radius 1 is 0.418 bits per heavy atom. The van der Waals surface area contributed by atoms with Gasteiger partial charge in [-0.05, 0) is 127 Å². The van der Waals surface area contributed by atoms with Crippen LogP contribution in [0.25, 0.3) is 0 Å². The number of rotatable bonds is 34. The Morgan fingerprint density at radius 3 is 1.09 bits per heavy atom. The number of hydrogen-bond donors (Lipinski definition) is 2. The summed E-state index contributed by atoms with van der Waals surface area (Å²) in [5, 5.41) is 0. The fraction of sp³-hybridized carbons (Fsp3) is 0.631. The first-order valence-corrected chi connectivity index (χ1v) is 28.7. The summed E-state index contributed by atoms with van der Waals surface area (Å²) >= 11 is 0. The highest BCUT2D eigenvalue weighted by Gasteiger charge is 2.38. The molecular formula is C65H100N2. The quantitative estimate of drug-likeness (QED) is 0.0362. The molecule has 370 valence electrons. The van der Waals surface area contributed by atoms with Crippen LogP contribution in [0.4, 0.5) is 11.4 Å². The Labute approximate surface area is 413 Å². The highest BCUT2D eigenvalue weighted by Crippen LogP contribution is 2.49. The topological polar surface area (TPSA) is 52.0 Å². The second-order valence-corrected chi connectivity index (χ2v) is 21.8. The van der Waals surface area contributed by atoms with Crippen LogP contribution in [0.2, 0.25) is 0 Å². The molecule has 0 saturated heterocycles. The van der Waals surface area contributed by atoms with Gasteiger partial charge in [0.1, 0.15) is 0 Å². The SMILES string of the molecule is CCCCCCCCCCCC(c1ccc(C2(c3ccc(C(CCCCCCCCCCC)c4ccc(N)cc4C)cc3)CCC(CCCCCCCCC)CC2)cc1)c1ccc(N)cc1C. The van der Waals surface area contributed by atoms with E-state index in [4.69, 9.17) is 11.5 Å². The number of anilines is 2. The first-order chi connectivity index (χ1) is 32.8. The van der Waals surface area contributed by atoms with Crippen molar-refractivity contribution < 1.29 is 0 Å². The summed E-state index contributed by atoms with van der Waals surface area (Å²) in [6, 6.07) is 33.6. The van der Waals surface area contributed by atoms with Gasteiger partial charge >= 0.3 is 0 Å². The van der Waals surface area contributed by atoms with Crippen molar-refractivity contribution in [3.8, 4) is 0 Å². The first-order valence-electron chi connectivity index (χ1n) is 28.7. The molecule has 0 heterocycles. The van der Waals surface area contributed by atoms with Crippen molar-refractivity contribution >= 4 is 11.4 Å². The predicted molar refractivity (Wildman–Crippen MR) is 297 cm³/mol. The summed E-state index contributed by atoms with van der Waals surface area (Å²) in [5.74, 6) is 1.64. The third-order valence-electron chi connectivity index (χ3n) is 16.4. The lowest BCUT2D eigenvalue weighted by atomic mass is 9.62. The normalized spacial score (nSPS) is 17.2. The van der Waals surface area contributed by atoms with Gasteiger partial charge in [0.2, 0.25) is 0 Å². The molecule has 1 aliphatic carbocycles. The first kappa shape index (κ1) is 54.4. The van der Waals surface area contributed by atoms with Gasteiger partial charge < -0.3 is 11.5 Å². The molecule has 0 bridgehead atoms. The fourth-order valence-electron chi connectivity index (χ4n) is 12.2. The summed E-state index contributed by atoms with van der Waals surface area (Å²) < 4.78 is 0. The van der Waals surface area contributed by atoms with E-state index >= 15 is 0 Å². The van der Waals surface area contributed by atoms with Crippen molar-refractivity contribution in [3.63, 3.8) is 0 Å². The third kappa shape index (κ3) is 17.7. The van der Waals surface area contributed by atoms with Crippen molar-refractivity contribution in [1.29, 1.82) is 0 Å². The lowest BCUT2D eigenvalue weighted by molar-refractivity contribution is 0.250. The molecule has 1 saturated carbocycles. The maximum Gasteiger partial charge on any atom is 0.0316 e.